The molecule has 1 aromatic carbocycles. The maximum absolute atomic E-state index is 12.3. The van der Waals surface area contributed by atoms with Crippen LogP contribution >= 0.6 is 0 Å². The fraction of sp³-hybridized carbons (Fsp3) is 0.182. The highest BCUT2D eigenvalue weighted by atomic mass is 32.2. The number of rotatable bonds is 3. The average molecular weight is 266 g/mol. The molecule has 2 aromatic rings. The van der Waals surface area contributed by atoms with Crippen molar-refractivity contribution in [2.24, 2.45) is 7.05 Å². The van der Waals surface area contributed by atoms with Crippen molar-refractivity contribution >= 4 is 21.4 Å². The van der Waals surface area contributed by atoms with E-state index in [0.717, 1.165) is 0 Å². The van der Waals surface area contributed by atoms with Crippen molar-refractivity contribution in [2.75, 3.05) is 17.1 Å². The first-order valence-electron chi connectivity index (χ1n) is 5.24. The van der Waals surface area contributed by atoms with Crippen molar-refractivity contribution < 1.29 is 8.42 Å². The number of hydrogen-bond donors (Lipinski definition) is 1. The summed E-state index contributed by atoms with van der Waals surface area (Å²) in [4.78, 5) is 0.157. The molecule has 0 aliphatic rings. The average Bonchev–Trinajstić information content (AvgIpc) is 2.76. The van der Waals surface area contributed by atoms with Crippen LogP contribution in [0.2, 0.25) is 0 Å². The summed E-state index contributed by atoms with van der Waals surface area (Å²) in [6.07, 6.45) is 2.78. The molecule has 0 bridgehead atoms. The van der Waals surface area contributed by atoms with Crippen molar-refractivity contribution in [3.8, 4) is 0 Å². The third kappa shape index (κ3) is 2.17. The third-order valence-corrected chi connectivity index (χ3v) is 4.33. The van der Waals surface area contributed by atoms with Gasteiger partial charge in [-0.1, -0.05) is 0 Å². The normalized spacial score (nSPS) is 11.4. The highest BCUT2D eigenvalue weighted by molar-refractivity contribution is 7.92. The van der Waals surface area contributed by atoms with Crippen molar-refractivity contribution in [1.29, 1.82) is 0 Å². The fourth-order valence-corrected chi connectivity index (χ4v) is 2.69. The molecule has 6 nitrogen and oxygen atoms in total. The number of aromatic nitrogens is 2. The SMILES string of the molecule is CN(c1ccc(N)cc1)S(=O)(=O)c1cnn(C)c1. The molecule has 96 valence electrons. The molecule has 0 atom stereocenters. The van der Waals surface area contributed by atoms with Gasteiger partial charge in [0.05, 0.1) is 11.9 Å². The molecule has 0 aliphatic heterocycles. The van der Waals surface area contributed by atoms with Gasteiger partial charge >= 0.3 is 0 Å². The molecule has 2 N–H and O–H groups in total. The second kappa shape index (κ2) is 4.34. The van der Waals surface area contributed by atoms with E-state index in [1.165, 1.54) is 28.4 Å². The van der Waals surface area contributed by atoms with Crippen molar-refractivity contribution in [3.63, 3.8) is 0 Å². The van der Waals surface area contributed by atoms with E-state index in [-0.39, 0.29) is 4.90 Å². The number of nitrogen functional groups attached to an aromatic ring is 1. The second-order valence-corrected chi connectivity index (χ2v) is 5.88. The van der Waals surface area contributed by atoms with E-state index in [2.05, 4.69) is 5.10 Å². The first-order valence-corrected chi connectivity index (χ1v) is 6.68. The zero-order valence-electron chi connectivity index (χ0n) is 10.1. The summed E-state index contributed by atoms with van der Waals surface area (Å²) in [7, 11) is -0.412. The van der Waals surface area contributed by atoms with E-state index in [1.807, 2.05) is 0 Å². The predicted octanol–water partition coefficient (Wildman–Crippen LogP) is 0.827. The molecule has 0 spiro atoms. The Balaban J connectivity index is 2.39. The van der Waals surface area contributed by atoms with Crippen molar-refractivity contribution in [3.05, 3.63) is 36.7 Å². The van der Waals surface area contributed by atoms with Gasteiger partial charge in [-0.2, -0.15) is 5.10 Å². The van der Waals surface area contributed by atoms with Crippen LogP contribution in [0.1, 0.15) is 0 Å². The number of benzene rings is 1. The van der Waals surface area contributed by atoms with Gasteiger partial charge in [0.1, 0.15) is 4.90 Å². The molecule has 0 saturated carbocycles. The minimum absolute atomic E-state index is 0.157. The molecule has 1 heterocycles. The van der Waals surface area contributed by atoms with Gasteiger partial charge in [-0.05, 0) is 24.3 Å². The summed E-state index contributed by atoms with van der Waals surface area (Å²) in [5.41, 5.74) is 6.71. The highest BCUT2D eigenvalue weighted by Gasteiger charge is 2.22. The van der Waals surface area contributed by atoms with E-state index in [4.69, 9.17) is 5.73 Å². The van der Waals surface area contributed by atoms with Gasteiger partial charge in [0.15, 0.2) is 0 Å². The Kier molecular flexibility index (Phi) is 3.00. The lowest BCUT2D eigenvalue weighted by molar-refractivity contribution is 0.594. The van der Waals surface area contributed by atoms with Gasteiger partial charge in [-0.3, -0.25) is 8.99 Å². The standard InChI is InChI=1S/C11H14N4O2S/c1-14-8-11(7-13-14)18(16,17)15(2)10-5-3-9(12)4-6-10/h3-8H,12H2,1-2H3. The number of nitrogens with zero attached hydrogens (tertiary/aromatic N) is 3. The van der Waals surface area contributed by atoms with Crippen molar-refractivity contribution in [1.82, 2.24) is 9.78 Å². The smallest absolute Gasteiger partial charge is 0.267 e. The van der Waals surface area contributed by atoms with Crippen LogP contribution < -0.4 is 10.0 Å². The molecule has 7 heteroatoms. The maximum atomic E-state index is 12.3. The van der Waals surface area contributed by atoms with Crippen LogP contribution in [0.25, 0.3) is 0 Å². The molecule has 2 rings (SSSR count). The van der Waals surface area contributed by atoms with Crippen LogP contribution in [0, 0.1) is 0 Å². The van der Waals surface area contributed by atoms with E-state index in [0.29, 0.717) is 11.4 Å². The summed E-state index contributed by atoms with van der Waals surface area (Å²) in [6.45, 7) is 0. The second-order valence-electron chi connectivity index (χ2n) is 3.91. The Morgan fingerprint density at radius 1 is 1.28 bits per heavy atom. The quantitative estimate of drug-likeness (QED) is 0.834. The monoisotopic (exact) mass is 266 g/mol. The minimum atomic E-state index is -3.57. The lowest BCUT2D eigenvalue weighted by atomic mass is 10.3. The molecular formula is C11H14N4O2S. The van der Waals surface area contributed by atoms with E-state index >= 15 is 0 Å². The summed E-state index contributed by atoms with van der Waals surface area (Å²) >= 11 is 0. The summed E-state index contributed by atoms with van der Waals surface area (Å²) in [5, 5.41) is 3.86. The predicted molar refractivity (Wildman–Crippen MR) is 69.7 cm³/mol. The molecule has 1 aromatic heterocycles. The zero-order valence-corrected chi connectivity index (χ0v) is 10.9. The summed E-state index contributed by atoms with van der Waals surface area (Å²) in [5.74, 6) is 0. The molecule has 0 unspecified atom stereocenters. The molecule has 0 amide bonds. The highest BCUT2D eigenvalue weighted by Crippen LogP contribution is 2.22. The topological polar surface area (TPSA) is 81.2 Å². The van der Waals surface area contributed by atoms with Crippen LogP contribution in [0.15, 0.2) is 41.6 Å². The van der Waals surface area contributed by atoms with Gasteiger partial charge in [0.2, 0.25) is 0 Å². The zero-order chi connectivity index (χ0) is 13.3. The van der Waals surface area contributed by atoms with Gasteiger partial charge in [-0.25, -0.2) is 8.42 Å². The van der Waals surface area contributed by atoms with Crippen LogP contribution in [-0.2, 0) is 17.1 Å². The fourth-order valence-electron chi connectivity index (χ4n) is 1.51. The van der Waals surface area contributed by atoms with Crippen LogP contribution in [0.3, 0.4) is 0 Å². The van der Waals surface area contributed by atoms with Crippen LogP contribution in [0.5, 0.6) is 0 Å². The first-order chi connectivity index (χ1) is 8.41. The number of sulfonamides is 1. The molecule has 0 saturated heterocycles. The molecular weight excluding hydrogens is 252 g/mol. The van der Waals surface area contributed by atoms with Gasteiger partial charge in [-0.15, -0.1) is 0 Å². The molecule has 18 heavy (non-hydrogen) atoms. The van der Waals surface area contributed by atoms with Crippen molar-refractivity contribution in [2.45, 2.75) is 4.90 Å². The van der Waals surface area contributed by atoms with Gasteiger partial charge in [0, 0.05) is 26.0 Å². The molecule has 0 fully saturated rings. The van der Waals surface area contributed by atoms with E-state index in [9.17, 15) is 8.42 Å². The Morgan fingerprint density at radius 3 is 2.39 bits per heavy atom. The molecule has 0 radical (unpaired) electrons. The van der Waals surface area contributed by atoms with Gasteiger partial charge in [0.25, 0.3) is 10.0 Å². The number of aryl methyl sites for hydroxylation is 1. The van der Waals surface area contributed by atoms with E-state index in [1.54, 1.807) is 31.3 Å². The maximum Gasteiger partial charge on any atom is 0.267 e. The van der Waals surface area contributed by atoms with Crippen LogP contribution in [0.4, 0.5) is 11.4 Å². The minimum Gasteiger partial charge on any atom is -0.399 e. The van der Waals surface area contributed by atoms with Crippen LogP contribution in [-0.4, -0.2) is 25.2 Å². The Hall–Kier alpha value is -2.02. The first kappa shape index (κ1) is 12.4. The number of hydrogen-bond acceptors (Lipinski definition) is 4. The lowest BCUT2D eigenvalue weighted by Gasteiger charge is -2.18. The summed E-state index contributed by atoms with van der Waals surface area (Å²) in [6, 6.07) is 6.63. The Labute approximate surface area is 106 Å². The Morgan fingerprint density at radius 2 is 1.89 bits per heavy atom. The van der Waals surface area contributed by atoms with E-state index < -0.39 is 10.0 Å². The number of anilines is 2. The third-order valence-electron chi connectivity index (χ3n) is 2.60. The lowest BCUT2D eigenvalue weighted by Crippen LogP contribution is -2.26. The molecule has 0 aliphatic carbocycles. The number of nitrogens with two attached hydrogens (primary N) is 1. The Bertz CT molecular complexity index is 646. The largest absolute Gasteiger partial charge is 0.399 e. The summed E-state index contributed by atoms with van der Waals surface area (Å²) < 4.78 is 27.2. The van der Waals surface area contributed by atoms with Gasteiger partial charge < -0.3 is 5.73 Å².